The molecule has 1 saturated heterocycles. The molecule has 1 saturated carbocycles. The number of carbonyl (C=O) groups is 1. The number of aromatic nitrogens is 1. The van der Waals surface area contributed by atoms with Gasteiger partial charge in [0.2, 0.25) is 5.91 Å². The number of carbonyl (C=O) groups excluding carboxylic acids is 1. The van der Waals surface area contributed by atoms with Crippen molar-refractivity contribution in [2.75, 3.05) is 6.54 Å². The molecule has 4 rings (SSSR count). The second-order valence-electron chi connectivity index (χ2n) is 6.87. The number of amides is 1. The lowest BCUT2D eigenvalue weighted by Gasteiger charge is -2.24. The van der Waals surface area contributed by atoms with Crippen LogP contribution >= 0.6 is 22.9 Å². The third kappa shape index (κ3) is 3.44. The van der Waals surface area contributed by atoms with E-state index in [-0.39, 0.29) is 11.9 Å². The van der Waals surface area contributed by atoms with Crippen LogP contribution in [0.25, 0.3) is 10.2 Å². The van der Waals surface area contributed by atoms with Gasteiger partial charge in [-0.3, -0.25) is 4.79 Å². The van der Waals surface area contributed by atoms with Crippen LogP contribution in [0.2, 0.25) is 5.02 Å². The highest BCUT2D eigenvalue weighted by Gasteiger charge is 2.37. The van der Waals surface area contributed by atoms with Gasteiger partial charge in [-0.05, 0) is 43.4 Å². The molecule has 4 nitrogen and oxygen atoms in total. The smallest absolute Gasteiger partial charge is 0.237 e. The fourth-order valence-electron chi connectivity index (χ4n) is 3.99. The molecule has 24 heavy (non-hydrogen) atoms. The standard InChI is InChI=1S/C18H22ClN3OS/c19-12-5-6-16-14(10-12)22-17(24-16)7-8-20-18(23)15-9-11-3-1-2-4-13(11)21-15/h5-6,10-11,13,15,21H,1-4,7-9H2,(H,20,23). The number of halogens is 1. The van der Waals surface area contributed by atoms with Gasteiger partial charge in [0, 0.05) is 24.0 Å². The predicted octanol–water partition coefficient (Wildman–Crippen LogP) is 3.53. The first-order chi connectivity index (χ1) is 11.7. The molecule has 6 heteroatoms. The maximum atomic E-state index is 12.4. The van der Waals surface area contributed by atoms with Gasteiger partial charge in [-0.25, -0.2) is 4.98 Å². The Bertz CT molecular complexity index is 733. The molecule has 1 aliphatic carbocycles. The van der Waals surface area contributed by atoms with Gasteiger partial charge in [0.25, 0.3) is 0 Å². The lowest BCUT2D eigenvalue weighted by atomic mass is 9.85. The van der Waals surface area contributed by atoms with Crippen molar-refractivity contribution in [2.45, 2.75) is 50.6 Å². The Morgan fingerprint density at radius 2 is 2.25 bits per heavy atom. The number of fused-ring (bicyclic) bond motifs is 2. The molecule has 2 fully saturated rings. The van der Waals surface area contributed by atoms with Crippen molar-refractivity contribution in [3.63, 3.8) is 0 Å². The Balaban J connectivity index is 1.29. The number of hydrogen-bond donors (Lipinski definition) is 2. The molecule has 0 bridgehead atoms. The van der Waals surface area contributed by atoms with Crippen LogP contribution in [0.3, 0.4) is 0 Å². The molecule has 128 valence electrons. The monoisotopic (exact) mass is 363 g/mol. The molecule has 3 atom stereocenters. The molecule has 1 aromatic carbocycles. The predicted molar refractivity (Wildman–Crippen MR) is 98.6 cm³/mol. The van der Waals surface area contributed by atoms with Crippen molar-refractivity contribution >= 4 is 39.1 Å². The first-order valence-electron chi connectivity index (χ1n) is 8.78. The van der Waals surface area contributed by atoms with Crippen LogP contribution in [0.15, 0.2) is 18.2 Å². The average Bonchev–Trinajstić information content (AvgIpc) is 3.17. The number of nitrogens with zero attached hydrogens (tertiary/aromatic N) is 1. The van der Waals surface area contributed by atoms with Crippen molar-refractivity contribution in [1.29, 1.82) is 0 Å². The summed E-state index contributed by atoms with van der Waals surface area (Å²) in [5.41, 5.74) is 0.940. The molecular formula is C18H22ClN3OS. The number of benzene rings is 1. The van der Waals surface area contributed by atoms with E-state index < -0.39 is 0 Å². The first-order valence-corrected chi connectivity index (χ1v) is 9.97. The van der Waals surface area contributed by atoms with E-state index in [4.69, 9.17) is 11.6 Å². The van der Waals surface area contributed by atoms with Crippen LogP contribution in [0.4, 0.5) is 0 Å². The van der Waals surface area contributed by atoms with Gasteiger partial charge in [-0.1, -0.05) is 24.4 Å². The molecular weight excluding hydrogens is 342 g/mol. The zero-order chi connectivity index (χ0) is 16.5. The molecule has 1 amide bonds. The van der Waals surface area contributed by atoms with Crippen molar-refractivity contribution in [1.82, 2.24) is 15.6 Å². The Morgan fingerprint density at radius 3 is 3.12 bits per heavy atom. The summed E-state index contributed by atoms with van der Waals surface area (Å²) in [6, 6.07) is 6.33. The summed E-state index contributed by atoms with van der Waals surface area (Å²) in [5.74, 6) is 0.845. The van der Waals surface area contributed by atoms with E-state index in [9.17, 15) is 4.79 Å². The highest BCUT2D eigenvalue weighted by Crippen LogP contribution is 2.33. The van der Waals surface area contributed by atoms with E-state index in [1.807, 2.05) is 18.2 Å². The van der Waals surface area contributed by atoms with Crippen LogP contribution in [0.1, 0.15) is 37.1 Å². The highest BCUT2D eigenvalue weighted by atomic mass is 35.5. The van der Waals surface area contributed by atoms with Gasteiger partial charge in [0.1, 0.15) is 0 Å². The van der Waals surface area contributed by atoms with Crippen LogP contribution in [-0.2, 0) is 11.2 Å². The first kappa shape index (κ1) is 16.3. The lowest BCUT2D eigenvalue weighted by molar-refractivity contribution is -0.122. The van der Waals surface area contributed by atoms with E-state index in [1.165, 1.54) is 25.7 Å². The topological polar surface area (TPSA) is 54.0 Å². The molecule has 2 aromatic rings. The van der Waals surface area contributed by atoms with Crippen LogP contribution in [0.5, 0.6) is 0 Å². The highest BCUT2D eigenvalue weighted by molar-refractivity contribution is 7.18. The third-order valence-electron chi connectivity index (χ3n) is 5.21. The van der Waals surface area contributed by atoms with Crippen LogP contribution in [-0.4, -0.2) is 29.5 Å². The van der Waals surface area contributed by atoms with Gasteiger partial charge in [-0.2, -0.15) is 0 Å². The van der Waals surface area contributed by atoms with E-state index in [1.54, 1.807) is 11.3 Å². The Hall–Kier alpha value is -1.17. The Labute approximate surface area is 151 Å². The normalized spacial score (nSPS) is 26.5. The van der Waals surface area contributed by atoms with Crippen LogP contribution < -0.4 is 10.6 Å². The number of rotatable bonds is 4. The summed E-state index contributed by atoms with van der Waals surface area (Å²) in [6.45, 7) is 0.639. The molecule has 2 aliphatic rings. The summed E-state index contributed by atoms with van der Waals surface area (Å²) in [5, 5.41) is 8.36. The molecule has 1 aromatic heterocycles. The summed E-state index contributed by atoms with van der Waals surface area (Å²) < 4.78 is 1.14. The fraction of sp³-hybridized carbons (Fsp3) is 0.556. The summed E-state index contributed by atoms with van der Waals surface area (Å²) in [6.07, 6.45) is 6.87. The molecule has 2 N–H and O–H groups in total. The fourth-order valence-corrected chi connectivity index (χ4v) is 5.11. The maximum Gasteiger partial charge on any atom is 0.237 e. The van der Waals surface area contributed by atoms with Crippen LogP contribution in [0, 0.1) is 5.92 Å². The maximum absolute atomic E-state index is 12.4. The molecule has 3 unspecified atom stereocenters. The van der Waals surface area contributed by atoms with Gasteiger partial charge >= 0.3 is 0 Å². The quantitative estimate of drug-likeness (QED) is 0.873. The average molecular weight is 364 g/mol. The van der Waals surface area contributed by atoms with E-state index >= 15 is 0 Å². The number of nitrogens with one attached hydrogen (secondary N) is 2. The lowest BCUT2D eigenvalue weighted by Crippen LogP contribution is -2.43. The summed E-state index contributed by atoms with van der Waals surface area (Å²) in [4.78, 5) is 17.0. The van der Waals surface area contributed by atoms with Crippen molar-refractivity contribution in [3.05, 3.63) is 28.2 Å². The van der Waals surface area contributed by atoms with Crippen molar-refractivity contribution in [3.8, 4) is 0 Å². The molecule has 2 heterocycles. The van der Waals surface area contributed by atoms with E-state index in [0.29, 0.717) is 23.5 Å². The molecule has 0 radical (unpaired) electrons. The van der Waals surface area contributed by atoms with Crippen molar-refractivity contribution < 1.29 is 4.79 Å². The Kier molecular flexibility index (Phi) is 4.74. The van der Waals surface area contributed by atoms with Crippen molar-refractivity contribution in [2.24, 2.45) is 5.92 Å². The second-order valence-corrected chi connectivity index (χ2v) is 8.42. The summed E-state index contributed by atoms with van der Waals surface area (Å²) in [7, 11) is 0. The number of thiazole rings is 1. The minimum atomic E-state index is -0.00715. The molecule has 1 aliphatic heterocycles. The zero-order valence-electron chi connectivity index (χ0n) is 13.6. The largest absolute Gasteiger partial charge is 0.354 e. The van der Waals surface area contributed by atoms with Gasteiger partial charge in [0.15, 0.2) is 0 Å². The SMILES string of the molecule is O=C(NCCc1nc2cc(Cl)ccc2s1)C1CC2CCCCC2N1. The number of hydrogen-bond acceptors (Lipinski definition) is 4. The Morgan fingerprint density at radius 1 is 1.38 bits per heavy atom. The van der Waals surface area contributed by atoms with Gasteiger partial charge < -0.3 is 10.6 Å². The second kappa shape index (κ2) is 6.98. The van der Waals surface area contributed by atoms with Gasteiger partial charge in [-0.15, -0.1) is 11.3 Å². The summed E-state index contributed by atoms with van der Waals surface area (Å²) >= 11 is 7.67. The molecule has 0 spiro atoms. The third-order valence-corrected chi connectivity index (χ3v) is 6.54. The van der Waals surface area contributed by atoms with E-state index in [2.05, 4.69) is 15.6 Å². The minimum Gasteiger partial charge on any atom is -0.354 e. The zero-order valence-corrected chi connectivity index (χ0v) is 15.1. The van der Waals surface area contributed by atoms with Gasteiger partial charge in [0.05, 0.1) is 21.3 Å². The van der Waals surface area contributed by atoms with E-state index in [0.717, 1.165) is 28.1 Å². The minimum absolute atomic E-state index is 0.00715.